The lowest BCUT2D eigenvalue weighted by atomic mass is 9.77. The number of hydrogen-bond donors (Lipinski definition) is 2. The minimum atomic E-state index is -0.818. The van der Waals surface area contributed by atoms with Crippen LogP contribution in [0.2, 0.25) is 0 Å². The molecule has 0 radical (unpaired) electrons. The average Bonchev–Trinajstić information content (AvgIpc) is 3.07. The second-order valence-electron chi connectivity index (χ2n) is 5.45. The molecule has 1 aliphatic rings. The van der Waals surface area contributed by atoms with Gasteiger partial charge in [-0.15, -0.1) is 0 Å². The Labute approximate surface area is 137 Å². The number of hydrogen-bond acceptors (Lipinski definition) is 5. The van der Waals surface area contributed by atoms with Crippen LogP contribution in [0.1, 0.15) is 24.0 Å². The van der Waals surface area contributed by atoms with Crippen molar-refractivity contribution in [1.82, 2.24) is 5.32 Å². The number of piperidine rings is 1. The fourth-order valence-electron chi connectivity index (χ4n) is 2.89. The summed E-state index contributed by atoms with van der Waals surface area (Å²) in [5.41, 5.74) is 0.934. The molecule has 1 saturated heterocycles. The van der Waals surface area contributed by atoms with Crippen molar-refractivity contribution in [3.63, 3.8) is 0 Å². The molecule has 0 aliphatic carbocycles. The van der Waals surface area contributed by atoms with Crippen molar-refractivity contribution < 1.29 is 19.4 Å². The summed E-state index contributed by atoms with van der Waals surface area (Å²) in [4.78, 5) is 24.0. The molecule has 2 aromatic rings. The smallest absolute Gasteiger partial charge is 0.228 e. The van der Waals surface area contributed by atoms with Crippen molar-refractivity contribution >= 4 is 23.0 Å². The quantitative estimate of drug-likeness (QED) is 0.820. The maximum absolute atomic E-state index is 12.1. The number of amides is 1. The molecule has 0 spiro atoms. The molecule has 0 unspecified atom stereocenters. The van der Waals surface area contributed by atoms with Crippen LogP contribution in [0.4, 0.5) is 0 Å². The van der Waals surface area contributed by atoms with Gasteiger partial charge in [-0.05, 0) is 40.1 Å². The fraction of sp³-hybridized carbons (Fsp3) is 0.294. The first-order valence-electron chi connectivity index (χ1n) is 7.33. The van der Waals surface area contributed by atoms with Gasteiger partial charge in [-0.3, -0.25) is 9.59 Å². The molecule has 1 atom stereocenters. The summed E-state index contributed by atoms with van der Waals surface area (Å²) in [6.45, 7) is 0.176. The first kappa shape index (κ1) is 15.7. The van der Waals surface area contributed by atoms with Crippen LogP contribution in [0.15, 0.2) is 41.1 Å². The van der Waals surface area contributed by atoms with Gasteiger partial charge in [0.25, 0.3) is 0 Å². The molecule has 1 amide bonds. The first-order valence-corrected chi connectivity index (χ1v) is 8.28. The van der Waals surface area contributed by atoms with E-state index in [0.717, 1.165) is 11.1 Å². The number of thiophene rings is 1. The minimum Gasteiger partial charge on any atom is -0.491 e. The van der Waals surface area contributed by atoms with Gasteiger partial charge in [-0.25, -0.2) is 0 Å². The van der Waals surface area contributed by atoms with Crippen molar-refractivity contribution in [2.24, 2.45) is 0 Å². The zero-order chi connectivity index (χ0) is 16.3. The Morgan fingerprint density at radius 2 is 1.96 bits per heavy atom. The van der Waals surface area contributed by atoms with Gasteiger partial charge in [0.1, 0.15) is 18.1 Å². The standard InChI is InChI=1S/C17H17NO4S/c19-6-7-22-15-3-1-12(2-4-15)17(13-5-8-23-11-13)10-14(20)9-16(21)18-17/h1-5,8,11,19H,6-7,9-10H2,(H,18,21)/t17-/m0/s1. The highest BCUT2D eigenvalue weighted by atomic mass is 32.1. The normalized spacial score (nSPS) is 21.1. The van der Waals surface area contributed by atoms with Crippen LogP contribution < -0.4 is 10.1 Å². The van der Waals surface area contributed by atoms with Gasteiger partial charge >= 0.3 is 0 Å². The van der Waals surface area contributed by atoms with E-state index < -0.39 is 5.54 Å². The lowest BCUT2D eigenvalue weighted by Gasteiger charge is -2.37. The molecule has 120 valence electrons. The second-order valence-corrected chi connectivity index (χ2v) is 6.23. The Kier molecular flexibility index (Phi) is 4.45. The minimum absolute atomic E-state index is 0.0504. The number of aliphatic hydroxyl groups excluding tert-OH is 1. The van der Waals surface area contributed by atoms with E-state index in [9.17, 15) is 9.59 Å². The Morgan fingerprint density at radius 1 is 1.17 bits per heavy atom. The molecule has 6 heteroatoms. The summed E-state index contributed by atoms with van der Waals surface area (Å²) >= 11 is 1.53. The molecule has 0 saturated carbocycles. The molecule has 5 nitrogen and oxygen atoms in total. The Bertz CT molecular complexity index is 678. The number of ketones is 1. The van der Waals surface area contributed by atoms with Crippen molar-refractivity contribution in [2.75, 3.05) is 13.2 Å². The predicted octanol–water partition coefficient (Wildman–Crippen LogP) is 1.84. The van der Waals surface area contributed by atoms with Gasteiger partial charge in [0.15, 0.2) is 0 Å². The third-order valence-corrected chi connectivity index (χ3v) is 4.58. The molecular formula is C17H17NO4S. The number of Topliss-reactive ketones (excluding diaryl/α,β-unsaturated/α-hetero) is 1. The zero-order valence-corrected chi connectivity index (χ0v) is 13.3. The van der Waals surface area contributed by atoms with Gasteiger partial charge < -0.3 is 15.2 Å². The van der Waals surface area contributed by atoms with Crippen LogP contribution in [0.5, 0.6) is 5.75 Å². The summed E-state index contributed by atoms with van der Waals surface area (Å²) < 4.78 is 5.36. The molecule has 2 heterocycles. The summed E-state index contributed by atoms with van der Waals surface area (Å²) in [7, 11) is 0. The van der Waals surface area contributed by atoms with E-state index >= 15 is 0 Å². The Hall–Kier alpha value is -2.18. The SMILES string of the molecule is O=C1CC(=O)N[C@@](c2ccc(OCCO)cc2)(c2ccsc2)C1. The summed E-state index contributed by atoms with van der Waals surface area (Å²) in [5.74, 6) is 0.311. The van der Waals surface area contributed by atoms with Gasteiger partial charge in [-0.1, -0.05) is 12.1 Å². The number of carbonyl (C=O) groups is 2. The molecule has 2 N–H and O–H groups in total. The second kappa shape index (κ2) is 6.52. The van der Waals surface area contributed by atoms with Gasteiger partial charge in [0, 0.05) is 6.42 Å². The average molecular weight is 331 g/mol. The molecular weight excluding hydrogens is 314 g/mol. The number of nitrogens with one attached hydrogen (secondary N) is 1. The van der Waals surface area contributed by atoms with E-state index in [1.54, 1.807) is 12.1 Å². The molecule has 0 bridgehead atoms. The maximum atomic E-state index is 12.1. The van der Waals surface area contributed by atoms with Crippen LogP contribution in [0, 0.1) is 0 Å². The maximum Gasteiger partial charge on any atom is 0.228 e. The summed E-state index contributed by atoms with van der Waals surface area (Å²) in [6, 6.07) is 9.20. The number of ether oxygens (including phenoxy) is 1. The van der Waals surface area contributed by atoms with E-state index in [1.807, 2.05) is 29.0 Å². The van der Waals surface area contributed by atoms with Gasteiger partial charge in [-0.2, -0.15) is 11.3 Å². The molecule has 1 aromatic carbocycles. The first-order chi connectivity index (χ1) is 11.1. The van der Waals surface area contributed by atoms with Crippen LogP contribution in [-0.2, 0) is 15.1 Å². The molecule has 23 heavy (non-hydrogen) atoms. The van der Waals surface area contributed by atoms with Crippen LogP contribution in [0.25, 0.3) is 0 Å². The van der Waals surface area contributed by atoms with Crippen LogP contribution >= 0.6 is 11.3 Å². The van der Waals surface area contributed by atoms with E-state index in [2.05, 4.69) is 5.32 Å². The third kappa shape index (κ3) is 3.13. The molecule has 1 aliphatic heterocycles. The highest BCUT2D eigenvalue weighted by molar-refractivity contribution is 7.08. The van der Waals surface area contributed by atoms with Crippen molar-refractivity contribution in [2.45, 2.75) is 18.4 Å². The monoisotopic (exact) mass is 331 g/mol. The fourth-order valence-corrected chi connectivity index (χ4v) is 3.62. The molecule has 1 fully saturated rings. The Balaban J connectivity index is 1.99. The summed E-state index contributed by atoms with van der Waals surface area (Å²) in [6.07, 6.45) is 0.176. The predicted molar refractivity (Wildman–Crippen MR) is 86.5 cm³/mol. The number of benzene rings is 1. The van der Waals surface area contributed by atoms with Gasteiger partial charge in [0.2, 0.25) is 5.91 Å². The lowest BCUT2D eigenvalue weighted by molar-refractivity contribution is -0.133. The van der Waals surface area contributed by atoms with E-state index in [4.69, 9.17) is 9.84 Å². The van der Waals surface area contributed by atoms with Crippen molar-refractivity contribution in [3.05, 3.63) is 52.2 Å². The highest BCUT2D eigenvalue weighted by Crippen LogP contribution is 2.37. The summed E-state index contributed by atoms with van der Waals surface area (Å²) in [5, 5.41) is 15.7. The van der Waals surface area contributed by atoms with Crippen LogP contribution in [-0.4, -0.2) is 30.0 Å². The number of carbonyl (C=O) groups excluding carboxylic acids is 2. The molecule has 3 rings (SSSR count). The number of rotatable bonds is 5. The van der Waals surface area contributed by atoms with Crippen molar-refractivity contribution in [1.29, 1.82) is 0 Å². The highest BCUT2D eigenvalue weighted by Gasteiger charge is 2.42. The van der Waals surface area contributed by atoms with Crippen molar-refractivity contribution in [3.8, 4) is 5.75 Å². The van der Waals surface area contributed by atoms with Crippen LogP contribution in [0.3, 0.4) is 0 Å². The van der Waals surface area contributed by atoms with Gasteiger partial charge in [0.05, 0.1) is 18.6 Å². The topological polar surface area (TPSA) is 75.6 Å². The largest absolute Gasteiger partial charge is 0.491 e. The van der Waals surface area contributed by atoms with E-state index in [1.165, 1.54) is 11.3 Å². The lowest BCUT2D eigenvalue weighted by Crippen LogP contribution is -2.52. The van der Waals surface area contributed by atoms with E-state index in [-0.39, 0.29) is 37.7 Å². The van der Waals surface area contributed by atoms with E-state index in [0.29, 0.717) is 5.75 Å². The zero-order valence-electron chi connectivity index (χ0n) is 12.5. The third-order valence-electron chi connectivity index (χ3n) is 3.89. The molecule has 1 aromatic heterocycles. The Morgan fingerprint density at radius 3 is 2.57 bits per heavy atom. The number of aliphatic hydroxyl groups is 1.